The van der Waals surface area contributed by atoms with Crippen LogP contribution in [0.15, 0.2) is 65.7 Å². The summed E-state index contributed by atoms with van der Waals surface area (Å²) in [5.74, 6) is -0.766. The van der Waals surface area contributed by atoms with E-state index in [1.165, 1.54) is 63.9 Å². The van der Waals surface area contributed by atoms with Crippen LogP contribution in [0.5, 0.6) is 0 Å². The number of rotatable bonds is 39. The highest BCUT2D eigenvalue weighted by molar-refractivity contribution is 7.61. The molecule has 0 aromatic carbocycles. The second-order valence-corrected chi connectivity index (χ2v) is 20.7. The number of aliphatic hydroxyl groups is 3. The van der Waals surface area contributed by atoms with E-state index in [0.717, 1.165) is 61.6 Å². The molecule has 0 bridgehead atoms. The molecule has 394 valence electrons. The molecule has 1 aromatic rings. The molecule has 1 aliphatic heterocycles. The van der Waals surface area contributed by atoms with Crippen LogP contribution in [-0.4, -0.2) is 96.9 Å². The molecule has 7 N–H and O–H groups in total. The van der Waals surface area contributed by atoms with Crippen LogP contribution in [0, 0.1) is 5.92 Å². The molecule has 2 unspecified atom stereocenters. The first-order valence-corrected chi connectivity index (χ1v) is 27.6. The van der Waals surface area contributed by atoms with E-state index < -0.39 is 89.8 Å². The number of nitrogen functional groups attached to an aromatic ring is 1. The van der Waals surface area contributed by atoms with Crippen molar-refractivity contribution in [3.8, 4) is 0 Å². The fourth-order valence-electron chi connectivity index (χ4n) is 7.07. The normalized spacial score (nSPS) is 20.3. The lowest BCUT2D eigenvalue weighted by atomic mass is 10.0. The molecule has 21 heteroatoms. The Morgan fingerprint density at radius 2 is 1.42 bits per heavy atom. The Balaban J connectivity index is 1.87. The number of carbonyl (C=O) groups is 2. The molecule has 1 saturated heterocycles. The standard InChI is InChI=1S/C48H81N3O16P2/c1-4-5-6-7-8-9-10-11-12-16-19-22-25-29-39(52)30-27-32-44(54)65-40(35-62-43(53)31-26-23-20-17-14-13-15-18-21-24-28-38(2)3)36-63-68(58,59)67-69(60,61)64-37-41-45(55)46(56)47(66-41)51-34-33-42(49)50-48(51)57/h8-9,11-12,19,22,25,29,33-34,38-41,45-47,52,55-56H,4-7,10,13-18,20-21,23-24,26-28,30-32,35-37H2,1-3H3,(H,58,59)(H,60,61)(H2,49,50,57)/b9-8-,12-11-,22-19-,29-25+/t39-,40+,41+,45+,46+,47+/m0/s1. The largest absolute Gasteiger partial charge is 0.481 e. The predicted molar refractivity (Wildman–Crippen MR) is 262 cm³/mol. The molecule has 19 nitrogen and oxygen atoms in total. The highest BCUT2D eigenvalue weighted by Gasteiger charge is 2.46. The summed E-state index contributed by atoms with van der Waals surface area (Å²) in [5.41, 5.74) is 4.57. The number of aromatic nitrogens is 2. The van der Waals surface area contributed by atoms with Gasteiger partial charge >= 0.3 is 33.3 Å². The van der Waals surface area contributed by atoms with Gasteiger partial charge in [-0.2, -0.15) is 9.29 Å². The van der Waals surface area contributed by atoms with Gasteiger partial charge in [-0.3, -0.25) is 23.2 Å². The van der Waals surface area contributed by atoms with Gasteiger partial charge < -0.3 is 45.1 Å². The lowest BCUT2D eigenvalue weighted by Crippen LogP contribution is -2.36. The number of allylic oxidation sites excluding steroid dienone is 7. The zero-order valence-corrected chi connectivity index (χ0v) is 42.7. The Labute approximate surface area is 408 Å². The third kappa shape index (κ3) is 29.6. The summed E-state index contributed by atoms with van der Waals surface area (Å²) < 4.78 is 56.5. The summed E-state index contributed by atoms with van der Waals surface area (Å²) in [4.78, 5) is 61.8. The van der Waals surface area contributed by atoms with Crippen LogP contribution in [0.25, 0.3) is 0 Å². The number of esters is 2. The summed E-state index contributed by atoms with van der Waals surface area (Å²) in [6.07, 6.45) is 26.7. The number of phosphoric ester groups is 2. The van der Waals surface area contributed by atoms with Crippen LogP contribution in [0.4, 0.5) is 5.82 Å². The summed E-state index contributed by atoms with van der Waals surface area (Å²) in [5, 5.41) is 31.3. The van der Waals surface area contributed by atoms with Crippen LogP contribution in [0.2, 0.25) is 0 Å². The molecule has 69 heavy (non-hydrogen) atoms. The fourth-order valence-corrected chi connectivity index (χ4v) is 9.18. The number of unbranched alkanes of at least 4 members (excludes halogenated alkanes) is 12. The van der Waals surface area contributed by atoms with Gasteiger partial charge in [-0.15, -0.1) is 0 Å². The summed E-state index contributed by atoms with van der Waals surface area (Å²) in [7, 11) is -10.9. The molecule has 0 saturated carbocycles. The van der Waals surface area contributed by atoms with Gasteiger partial charge in [0.2, 0.25) is 0 Å². The van der Waals surface area contributed by atoms with Crippen molar-refractivity contribution in [2.24, 2.45) is 5.92 Å². The summed E-state index contributed by atoms with van der Waals surface area (Å²) in [6.45, 7) is 4.20. The van der Waals surface area contributed by atoms with Crippen LogP contribution in [0.1, 0.15) is 162 Å². The van der Waals surface area contributed by atoms with Crippen molar-refractivity contribution in [2.75, 3.05) is 25.6 Å². The van der Waals surface area contributed by atoms with E-state index in [-0.39, 0.29) is 31.5 Å². The number of hydrogen-bond donors (Lipinski definition) is 6. The Morgan fingerprint density at radius 3 is 2.09 bits per heavy atom. The number of ether oxygens (including phenoxy) is 3. The van der Waals surface area contributed by atoms with Gasteiger partial charge in [-0.1, -0.05) is 146 Å². The van der Waals surface area contributed by atoms with E-state index in [4.69, 9.17) is 29.0 Å². The van der Waals surface area contributed by atoms with E-state index >= 15 is 0 Å². The maximum absolute atomic E-state index is 12.9. The molecular formula is C48H81N3O16P2. The Kier molecular flexibility index (Phi) is 32.0. The van der Waals surface area contributed by atoms with Gasteiger partial charge in [0.1, 0.15) is 30.7 Å². The van der Waals surface area contributed by atoms with Gasteiger partial charge in [0, 0.05) is 19.0 Å². The van der Waals surface area contributed by atoms with Crippen LogP contribution in [0.3, 0.4) is 0 Å². The van der Waals surface area contributed by atoms with E-state index in [2.05, 4.69) is 54.4 Å². The molecule has 0 spiro atoms. The van der Waals surface area contributed by atoms with Crippen LogP contribution in [-0.2, 0) is 46.3 Å². The third-order valence-corrected chi connectivity index (χ3v) is 13.6. The van der Waals surface area contributed by atoms with Gasteiger partial charge in [0.05, 0.1) is 19.3 Å². The van der Waals surface area contributed by atoms with E-state index in [0.29, 0.717) is 6.42 Å². The van der Waals surface area contributed by atoms with Gasteiger partial charge in [-0.05, 0) is 56.9 Å². The topological polar surface area (TPSA) is 286 Å². The quantitative estimate of drug-likeness (QED) is 0.0118. The number of nitrogens with zero attached hydrogens (tertiary/aromatic N) is 2. The number of nitrogens with two attached hydrogens (primary N) is 1. The molecule has 2 rings (SSSR count). The van der Waals surface area contributed by atoms with Crippen molar-refractivity contribution in [2.45, 2.75) is 192 Å². The SMILES string of the molecule is CCCCC/C=C\C/C=C\C/C=C\C=C\[C@H](O)CCCC(=O)O[C@H](COC(=O)CCCCCCCCCCCCC(C)C)COP(=O)(O)OP(=O)(O)OC[C@H]1O[C@@H](n2ccc(N)nc2=O)[C@H](O)[C@@H]1O. The number of carbonyl (C=O) groups excluding carboxylic acids is 2. The second-order valence-electron chi connectivity index (χ2n) is 17.6. The highest BCUT2D eigenvalue weighted by atomic mass is 31.3. The minimum Gasteiger partial charge on any atom is -0.462 e. The van der Waals surface area contributed by atoms with Crippen molar-refractivity contribution < 1.29 is 71.4 Å². The van der Waals surface area contributed by atoms with Crippen molar-refractivity contribution in [3.63, 3.8) is 0 Å². The zero-order chi connectivity index (χ0) is 50.9. The third-order valence-electron chi connectivity index (χ3n) is 10.9. The summed E-state index contributed by atoms with van der Waals surface area (Å²) >= 11 is 0. The van der Waals surface area contributed by atoms with Gasteiger partial charge in [-0.25, -0.2) is 13.9 Å². The lowest BCUT2D eigenvalue weighted by Gasteiger charge is -2.21. The van der Waals surface area contributed by atoms with Crippen molar-refractivity contribution in [1.29, 1.82) is 0 Å². The number of anilines is 1. The van der Waals surface area contributed by atoms with Crippen molar-refractivity contribution in [3.05, 3.63) is 71.4 Å². The van der Waals surface area contributed by atoms with E-state index in [1.54, 1.807) is 12.2 Å². The molecule has 0 radical (unpaired) electrons. The predicted octanol–water partition coefficient (Wildman–Crippen LogP) is 8.60. The smallest absolute Gasteiger partial charge is 0.462 e. The minimum absolute atomic E-state index is 0.0863. The molecule has 1 aromatic heterocycles. The van der Waals surface area contributed by atoms with E-state index in [1.807, 2.05) is 12.2 Å². The van der Waals surface area contributed by atoms with Gasteiger partial charge in [0.25, 0.3) is 0 Å². The van der Waals surface area contributed by atoms with Crippen molar-refractivity contribution >= 4 is 33.4 Å². The van der Waals surface area contributed by atoms with Gasteiger partial charge in [0.15, 0.2) is 12.3 Å². The maximum Gasteiger partial charge on any atom is 0.481 e. The summed E-state index contributed by atoms with van der Waals surface area (Å²) in [6, 6.07) is 1.24. The molecule has 8 atom stereocenters. The fraction of sp³-hybridized carbons (Fsp3) is 0.708. The molecular weight excluding hydrogens is 936 g/mol. The monoisotopic (exact) mass is 1020 g/mol. The molecule has 2 heterocycles. The average Bonchev–Trinajstić information content (AvgIpc) is 3.56. The zero-order valence-electron chi connectivity index (χ0n) is 40.9. The number of hydrogen-bond acceptors (Lipinski definition) is 16. The molecule has 1 fully saturated rings. The van der Waals surface area contributed by atoms with Crippen molar-refractivity contribution in [1.82, 2.24) is 9.55 Å². The van der Waals surface area contributed by atoms with Crippen LogP contribution < -0.4 is 11.4 Å². The number of phosphoric acid groups is 2. The Morgan fingerprint density at radius 1 is 0.797 bits per heavy atom. The maximum atomic E-state index is 12.9. The van der Waals surface area contributed by atoms with E-state index in [9.17, 15) is 48.6 Å². The number of aliphatic hydroxyl groups excluding tert-OH is 3. The molecule has 1 aliphatic rings. The van der Waals surface area contributed by atoms with Crippen LogP contribution >= 0.6 is 15.6 Å². The highest BCUT2D eigenvalue weighted by Crippen LogP contribution is 2.60. The Hall–Kier alpha value is -3.32. The first kappa shape index (κ1) is 61.8. The average molecular weight is 1020 g/mol. The molecule has 0 amide bonds. The first-order valence-electron chi connectivity index (χ1n) is 24.6. The first-order chi connectivity index (χ1) is 32.9. The minimum atomic E-state index is -5.47. The second kappa shape index (κ2) is 35.7. The molecule has 0 aliphatic carbocycles. The Bertz CT molecular complexity index is 1870. The lowest BCUT2D eigenvalue weighted by molar-refractivity contribution is -0.161.